The van der Waals surface area contributed by atoms with Crippen molar-refractivity contribution >= 4 is 11.8 Å². The van der Waals surface area contributed by atoms with Gasteiger partial charge < -0.3 is 24.9 Å². The van der Waals surface area contributed by atoms with E-state index in [2.05, 4.69) is 82.1 Å². The Bertz CT molecular complexity index is 830. The molecule has 0 bridgehead atoms. The van der Waals surface area contributed by atoms with Crippen LogP contribution in [0.2, 0.25) is 0 Å². The third kappa shape index (κ3) is 6.69. The summed E-state index contributed by atoms with van der Waals surface area (Å²) >= 11 is 0. The van der Waals surface area contributed by atoms with Crippen molar-refractivity contribution in [1.29, 1.82) is 0 Å². The number of anilines is 1. The van der Waals surface area contributed by atoms with Gasteiger partial charge in [0.1, 0.15) is 11.6 Å². The van der Waals surface area contributed by atoms with Crippen LogP contribution in [0.4, 0.5) is 5.82 Å². The molecule has 2 aromatic heterocycles. The fourth-order valence-corrected chi connectivity index (χ4v) is 3.40. The van der Waals surface area contributed by atoms with Gasteiger partial charge in [-0.2, -0.15) is 0 Å². The normalized spacial score (nSPS) is 15.9. The number of aliphatic imine (C=N–C) groups is 1. The fraction of sp³-hybridized carbons (Fsp3) is 0.609. The Kier molecular flexibility index (Phi) is 7.90. The molecule has 1 aliphatic rings. The van der Waals surface area contributed by atoms with E-state index in [1.165, 1.54) is 0 Å². The third-order valence-corrected chi connectivity index (χ3v) is 5.42. The Morgan fingerprint density at radius 1 is 1.06 bits per heavy atom. The summed E-state index contributed by atoms with van der Waals surface area (Å²) in [4.78, 5) is 18.5. The molecule has 0 aliphatic carbocycles. The minimum Gasteiger partial charge on any atom is -0.443 e. The monoisotopic (exact) mass is 427 g/mol. The van der Waals surface area contributed by atoms with Gasteiger partial charge in [0, 0.05) is 44.3 Å². The van der Waals surface area contributed by atoms with Gasteiger partial charge in [-0.25, -0.2) is 15.0 Å². The van der Waals surface area contributed by atoms with Crippen LogP contribution in [0.15, 0.2) is 33.9 Å². The number of pyridine rings is 1. The first-order valence-corrected chi connectivity index (χ1v) is 11.3. The highest BCUT2D eigenvalue weighted by molar-refractivity contribution is 5.79. The van der Waals surface area contributed by atoms with Crippen LogP contribution >= 0.6 is 0 Å². The predicted octanol–water partition coefficient (Wildman–Crippen LogP) is 2.76. The van der Waals surface area contributed by atoms with Gasteiger partial charge in [-0.1, -0.05) is 33.8 Å². The molecule has 0 unspecified atom stereocenters. The van der Waals surface area contributed by atoms with Crippen molar-refractivity contribution in [3.05, 3.63) is 41.7 Å². The standard InChI is InChI=1S/C23H37N7O/c1-6-24-22(28-17-21-26-16-19(31-21)23(3,4)5)27-15-18-8-9-20(25-14-18)30-12-10-29(7-2)11-13-30/h8-9,14,16H,6-7,10-13,15,17H2,1-5H3,(H2,24,27,28). The van der Waals surface area contributed by atoms with E-state index in [1.54, 1.807) is 6.20 Å². The molecule has 1 fully saturated rings. The molecule has 0 spiro atoms. The zero-order valence-corrected chi connectivity index (χ0v) is 19.6. The second-order valence-corrected chi connectivity index (χ2v) is 8.86. The first-order chi connectivity index (χ1) is 14.9. The van der Waals surface area contributed by atoms with Crippen molar-refractivity contribution in [2.24, 2.45) is 4.99 Å². The number of oxazole rings is 1. The first-order valence-electron chi connectivity index (χ1n) is 11.3. The van der Waals surface area contributed by atoms with Gasteiger partial charge in [0.15, 0.2) is 5.96 Å². The molecule has 170 valence electrons. The third-order valence-electron chi connectivity index (χ3n) is 5.42. The fourth-order valence-electron chi connectivity index (χ4n) is 3.40. The number of hydrogen-bond donors (Lipinski definition) is 2. The first kappa shape index (κ1) is 23.1. The second-order valence-electron chi connectivity index (χ2n) is 8.86. The molecule has 2 aromatic rings. The molecule has 0 atom stereocenters. The van der Waals surface area contributed by atoms with Crippen molar-refractivity contribution in [2.75, 3.05) is 44.2 Å². The molecule has 3 rings (SSSR count). The summed E-state index contributed by atoms with van der Waals surface area (Å²) in [7, 11) is 0. The van der Waals surface area contributed by atoms with E-state index in [0.29, 0.717) is 19.0 Å². The minimum absolute atomic E-state index is 0.0490. The van der Waals surface area contributed by atoms with Crippen LogP contribution in [-0.4, -0.2) is 60.1 Å². The molecule has 0 saturated carbocycles. The largest absolute Gasteiger partial charge is 0.443 e. The number of aromatic nitrogens is 2. The quantitative estimate of drug-likeness (QED) is 0.519. The van der Waals surface area contributed by atoms with Crippen LogP contribution in [0, 0.1) is 0 Å². The molecule has 1 saturated heterocycles. The van der Waals surface area contributed by atoms with Crippen molar-refractivity contribution in [3.63, 3.8) is 0 Å². The smallest absolute Gasteiger partial charge is 0.213 e. The van der Waals surface area contributed by atoms with Crippen molar-refractivity contribution in [1.82, 2.24) is 25.5 Å². The van der Waals surface area contributed by atoms with Crippen LogP contribution in [0.5, 0.6) is 0 Å². The molecule has 2 N–H and O–H groups in total. The van der Waals surface area contributed by atoms with Crippen LogP contribution in [0.25, 0.3) is 0 Å². The number of hydrogen-bond acceptors (Lipinski definition) is 6. The average Bonchev–Trinajstić information content (AvgIpc) is 3.26. The lowest BCUT2D eigenvalue weighted by Gasteiger charge is -2.34. The Labute approximate surface area is 186 Å². The maximum Gasteiger partial charge on any atom is 0.213 e. The molecule has 31 heavy (non-hydrogen) atoms. The molecular formula is C23H37N7O. The highest BCUT2D eigenvalue weighted by Gasteiger charge is 2.19. The summed E-state index contributed by atoms with van der Waals surface area (Å²) in [5, 5.41) is 6.56. The van der Waals surface area contributed by atoms with E-state index in [4.69, 9.17) is 4.42 Å². The predicted molar refractivity (Wildman–Crippen MR) is 125 cm³/mol. The molecule has 0 radical (unpaired) electrons. The summed E-state index contributed by atoms with van der Waals surface area (Å²) in [6.07, 6.45) is 3.73. The Hall–Kier alpha value is -2.61. The van der Waals surface area contributed by atoms with Gasteiger partial charge >= 0.3 is 0 Å². The van der Waals surface area contributed by atoms with Gasteiger partial charge in [-0.05, 0) is 25.1 Å². The zero-order chi connectivity index (χ0) is 22.3. The summed E-state index contributed by atoms with van der Waals surface area (Å²) in [6.45, 7) is 17.8. The highest BCUT2D eigenvalue weighted by atomic mass is 16.4. The lowest BCUT2D eigenvalue weighted by molar-refractivity contribution is 0.270. The summed E-state index contributed by atoms with van der Waals surface area (Å²) in [5.41, 5.74) is 1.03. The number of guanidine groups is 1. The van der Waals surface area contributed by atoms with Crippen LogP contribution in [0.1, 0.15) is 51.8 Å². The van der Waals surface area contributed by atoms with Gasteiger partial charge in [0.2, 0.25) is 5.89 Å². The summed E-state index contributed by atoms with van der Waals surface area (Å²) in [5.74, 6) is 3.32. The van der Waals surface area contributed by atoms with E-state index in [-0.39, 0.29) is 5.41 Å². The Morgan fingerprint density at radius 3 is 2.42 bits per heavy atom. The van der Waals surface area contributed by atoms with Crippen molar-refractivity contribution < 1.29 is 4.42 Å². The number of piperazine rings is 1. The van der Waals surface area contributed by atoms with E-state index in [1.807, 2.05) is 6.20 Å². The van der Waals surface area contributed by atoms with Crippen LogP contribution in [0.3, 0.4) is 0 Å². The number of likely N-dealkylation sites (N-methyl/N-ethyl adjacent to an activating group) is 1. The zero-order valence-electron chi connectivity index (χ0n) is 19.6. The molecule has 0 aromatic carbocycles. The molecule has 8 nitrogen and oxygen atoms in total. The van der Waals surface area contributed by atoms with E-state index in [9.17, 15) is 0 Å². The summed E-state index contributed by atoms with van der Waals surface area (Å²) in [6, 6.07) is 4.22. The van der Waals surface area contributed by atoms with E-state index < -0.39 is 0 Å². The topological polar surface area (TPSA) is 81.8 Å². The van der Waals surface area contributed by atoms with Crippen LogP contribution in [-0.2, 0) is 18.5 Å². The lowest BCUT2D eigenvalue weighted by atomic mass is 9.94. The van der Waals surface area contributed by atoms with Gasteiger partial charge in [0.05, 0.1) is 19.3 Å². The van der Waals surface area contributed by atoms with Gasteiger partial charge in [0.25, 0.3) is 0 Å². The number of nitrogens with zero attached hydrogens (tertiary/aromatic N) is 5. The second kappa shape index (κ2) is 10.6. The van der Waals surface area contributed by atoms with Crippen molar-refractivity contribution in [3.8, 4) is 0 Å². The minimum atomic E-state index is -0.0490. The molecule has 8 heteroatoms. The number of nitrogens with one attached hydrogen (secondary N) is 2. The van der Waals surface area contributed by atoms with Crippen molar-refractivity contribution in [2.45, 2.75) is 53.1 Å². The van der Waals surface area contributed by atoms with E-state index in [0.717, 1.165) is 62.4 Å². The van der Waals surface area contributed by atoms with Gasteiger partial charge in [-0.15, -0.1) is 0 Å². The lowest BCUT2D eigenvalue weighted by Crippen LogP contribution is -2.46. The molecular weight excluding hydrogens is 390 g/mol. The maximum atomic E-state index is 5.85. The highest BCUT2D eigenvalue weighted by Crippen LogP contribution is 2.22. The Balaban J connectivity index is 1.54. The average molecular weight is 428 g/mol. The van der Waals surface area contributed by atoms with E-state index >= 15 is 0 Å². The molecule has 3 heterocycles. The molecule has 0 amide bonds. The number of rotatable bonds is 7. The Morgan fingerprint density at radius 2 is 1.84 bits per heavy atom. The van der Waals surface area contributed by atoms with Crippen LogP contribution < -0.4 is 15.5 Å². The molecule has 1 aliphatic heterocycles. The maximum absolute atomic E-state index is 5.85. The SMILES string of the molecule is CCNC(=NCc1ccc(N2CCN(CC)CC2)nc1)NCc1ncc(C(C)(C)C)o1. The summed E-state index contributed by atoms with van der Waals surface area (Å²) < 4.78 is 5.85. The van der Waals surface area contributed by atoms with Gasteiger partial charge in [-0.3, -0.25) is 0 Å².